The maximum atomic E-state index is 10.8. The van der Waals surface area contributed by atoms with Crippen molar-refractivity contribution in [2.24, 2.45) is 0 Å². The van der Waals surface area contributed by atoms with Crippen LogP contribution < -0.4 is 0 Å². The van der Waals surface area contributed by atoms with Crippen LogP contribution >= 0.6 is 0 Å². The lowest BCUT2D eigenvalue weighted by Crippen LogP contribution is -2.29. The Hall–Kier alpha value is -2.76. The summed E-state index contributed by atoms with van der Waals surface area (Å²) in [5.74, 6) is -2.90. The van der Waals surface area contributed by atoms with Gasteiger partial charge >= 0.3 is 0 Å². The molecule has 0 aliphatic heterocycles. The zero-order chi connectivity index (χ0) is 20.1. The quantitative estimate of drug-likeness (QED) is 0.449. The number of hydrogen-bond donors (Lipinski definition) is 6. The van der Waals surface area contributed by atoms with Crippen LogP contribution in [0.3, 0.4) is 0 Å². The molecule has 1 unspecified atom stereocenters. The highest BCUT2D eigenvalue weighted by Gasteiger charge is 2.54. The number of hydrogen-bond acceptors (Lipinski definition) is 6. The molecule has 6 nitrogen and oxygen atoms in total. The Balaban J connectivity index is 2.44. The van der Waals surface area contributed by atoms with Crippen LogP contribution in [0.2, 0.25) is 0 Å². The average molecular weight is 374 g/mol. The topological polar surface area (TPSA) is 121 Å². The van der Waals surface area contributed by atoms with Crippen molar-refractivity contribution in [3.63, 3.8) is 0 Å². The van der Waals surface area contributed by atoms with Crippen molar-refractivity contribution in [2.75, 3.05) is 0 Å². The summed E-state index contributed by atoms with van der Waals surface area (Å²) < 4.78 is 0. The van der Waals surface area contributed by atoms with E-state index in [0.717, 1.165) is 18.4 Å². The first kappa shape index (κ1) is 19.0. The Morgan fingerprint density at radius 2 is 1.30 bits per heavy atom. The van der Waals surface area contributed by atoms with E-state index in [1.54, 1.807) is 0 Å². The molecule has 0 fully saturated rings. The Morgan fingerprint density at radius 3 is 1.85 bits per heavy atom. The van der Waals surface area contributed by atoms with Gasteiger partial charge in [-0.3, -0.25) is 0 Å². The Kier molecular flexibility index (Phi) is 4.33. The first-order valence-electron chi connectivity index (χ1n) is 9.22. The van der Waals surface area contributed by atoms with E-state index in [-0.39, 0.29) is 11.2 Å². The Morgan fingerprint density at radius 1 is 0.704 bits per heavy atom. The van der Waals surface area contributed by atoms with Crippen LogP contribution in [0.15, 0.2) is 18.2 Å². The van der Waals surface area contributed by atoms with Crippen molar-refractivity contribution >= 4 is 0 Å². The zero-order valence-electron chi connectivity index (χ0n) is 15.7. The molecule has 0 saturated heterocycles. The first-order valence-corrected chi connectivity index (χ1v) is 9.22. The van der Waals surface area contributed by atoms with E-state index in [1.807, 2.05) is 20.8 Å². The maximum Gasteiger partial charge on any atom is 0.200 e. The van der Waals surface area contributed by atoms with Crippen molar-refractivity contribution in [1.82, 2.24) is 0 Å². The minimum absolute atomic E-state index is 0.366. The molecule has 2 aromatic carbocycles. The Bertz CT molecular complexity index is 900. The van der Waals surface area contributed by atoms with Crippen LogP contribution in [-0.2, 0) is 10.8 Å². The van der Waals surface area contributed by atoms with Crippen LogP contribution in [0, 0.1) is 0 Å². The predicted molar refractivity (Wildman–Crippen MR) is 101 cm³/mol. The minimum Gasteiger partial charge on any atom is -0.504 e. The molecule has 0 saturated carbocycles. The molecule has 0 heterocycles. The van der Waals surface area contributed by atoms with Gasteiger partial charge in [0.2, 0.25) is 11.5 Å². The molecule has 6 heteroatoms. The molecule has 1 aliphatic carbocycles. The molecule has 0 bridgehead atoms. The smallest absolute Gasteiger partial charge is 0.200 e. The molecule has 27 heavy (non-hydrogen) atoms. The van der Waals surface area contributed by atoms with Gasteiger partial charge in [0, 0.05) is 16.5 Å². The monoisotopic (exact) mass is 374 g/mol. The molecular weight excluding hydrogens is 348 g/mol. The van der Waals surface area contributed by atoms with E-state index in [9.17, 15) is 30.6 Å². The standard InChI is InChI=1S/C21H26O6/c1-4-20(5-2)10-21(6-3,11-7-8-13(22)17(25)16(11)24)15-12(20)9-14(23)18(26)19(15)27/h7-9,22-27H,4-6,10H2,1-3H3. The fourth-order valence-electron chi connectivity index (χ4n) is 4.87. The second-order valence-electron chi connectivity index (χ2n) is 7.44. The molecule has 1 aliphatic rings. The van der Waals surface area contributed by atoms with E-state index in [4.69, 9.17) is 0 Å². The van der Waals surface area contributed by atoms with Crippen LogP contribution in [0.1, 0.15) is 63.1 Å². The fourth-order valence-corrected chi connectivity index (χ4v) is 4.87. The molecule has 3 rings (SSSR count). The number of rotatable bonds is 4. The van der Waals surface area contributed by atoms with Gasteiger partial charge in [0.05, 0.1) is 0 Å². The molecule has 0 aromatic heterocycles. The number of aromatic hydroxyl groups is 6. The van der Waals surface area contributed by atoms with Gasteiger partial charge in [-0.05, 0) is 48.8 Å². The lowest BCUT2D eigenvalue weighted by atomic mass is 9.69. The molecule has 2 aromatic rings. The summed E-state index contributed by atoms with van der Waals surface area (Å²) in [5, 5.41) is 61.4. The van der Waals surface area contributed by atoms with Gasteiger partial charge in [0.15, 0.2) is 23.0 Å². The molecule has 0 spiro atoms. The second-order valence-corrected chi connectivity index (χ2v) is 7.44. The average Bonchev–Trinajstić information content (AvgIpc) is 2.95. The third-order valence-electron chi connectivity index (χ3n) is 6.55. The highest BCUT2D eigenvalue weighted by atomic mass is 16.3. The first-order chi connectivity index (χ1) is 12.7. The summed E-state index contributed by atoms with van der Waals surface area (Å²) in [7, 11) is 0. The van der Waals surface area contributed by atoms with Gasteiger partial charge < -0.3 is 30.6 Å². The normalized spacial score (nSPS) is 20.6. The van der Waals surface area contributed by atoms with Gasteiger partial charge in [0.25, 0.3) is 0 Å². The summed E-state index contributed by atoms with van der Waals surface area (Å²) in [5.41, 5.74) is 0.268. The van der Waals surface area contributed by atoms with Crippen molar-refractivity contribution in [3.05, 3.63) is 34.9 Å². The molecule has 1 atom stereocenters. The predicted octanol–water partition coefficient (Wildman–Crippen LogP) is 4.08. The van der Waals surface area contributed by atoms with Crippen LogP contribution in [0.5, 0.6) is 34.5 Å². The maximum absolute atomic E-state index is 10.8. The Labute approximate surface area is 158 Å². The summed E-state index contributed by atoms with van der Waals surface area (Å²) in [6.07, 6.45) is 2.45. The highest BCUT2D eigenvalue weighted by molar-refractivity contribution is 5.69. The van der Waals surface area contributed by atoms with Gasteiger partial charge in [-0.2, -0.15) is 0 Å². The third kappa shape index (κ3) is 2.32. The molecular formula is C21H26O6. The SMILES string of the molecule is CCC1(CC)CC(CC)(c2ccc(O)c(O)c2O)c2c1cc(O)c(O)c2O. The second kappa shape index (κ2) is 6.15. The lowest BCUT2D eigenvalue weighted by Gasteiger charge is -2.34. The molecule has 146 valence electrons. The van der Waals surface area contributed by atoms with E-state index in [0.29, 0.717) is 24.0 Å². The van der Waals surface area contributed by atoms with Gasteiger partial charge in [0.1, 0.15) is 0 Å². The van der Waals surface area contributed by atoms with Crippen molar-refractivity contribution in [1.29, 1.82) is 0 Å². The van der Waals surface area contributed by atoms with E-state index in [2.05, 4.69) is 0 Å². The van der Waals surface area contributed by atoms with Gasteiger partial charge in [-0.25, -0.2) is 0 Å². The summed E-state index contributed by atoms with van der Waals surface area (Å²) in [6, 6.07) is 4.32. The van der Waals surface area contributed by atoms with Gasteiger partial charge in [-0.15, -0.1) is 0 Å². The molecule has 0 amide bonds. The number of phenolic OH excluding ortho intramolecular Hbond substituents is 6. The lowest BCUT2D eigenvalue weighted by molar-refractivity contribution is 0.307. The van der Waals surface area contributed by atoms with E-state index >= 15 is 0 Å². The molecule has 0 radical (unpaired) electrons. The summed E-state index contributed by atoms with van der Waals surface area (Å²) >= 11 is 0. The largest absolute Gasteiger partial charge is 0.504 e. The van der Waals surface area contributed by atoms with E-state index < -0.39 is 34.2 Å². The van der Waals surface area contributed by atoms with Crippen LogP contribution in [-0.4, -0.2) is 30.6 Å². The van der Waals surface area contributed by atoms with Crippen LogP contribution in [0.4, 0.5) is 0 Å². The van der Waals surface area contributed by atoms with Crippen LogP contribution in [0.25, 0.3) is 0 Å². The zero-order valence-corrected chi connectivity index (χ0v) is 15.7. The highest BCUT2D eigenvalue weighted by Crippen LogP contribution is 2.64. The molecule has 6 N–H and O–H groups in total. The van der Waals surface area contributed by atoms with Gasteiger partial charge in [-0.1, -0.05) is 26.8 Å². The number of benzene rings is 2. The minimum atomic E-state index is -0.897. The van der Waals surface area contributed by atoms with Crippen molar-refractivity contribution in [3.8, 4) is 34.5 Å². The fraction of sp³-hybridized carbons (Fsp3) is 0.429. The number of phenols is 6. The number of fused-ring (bicyclic) bond motifs is 1. The summed E-state index contributed by atoms with van der Waals surface area (Å²) in [6.45, 7) is 5.94. The van der Waals surface area contributed by atoms with Crippen molar-refractivity contribution < 1.29 is 30.6 Å². The third-order valence-corrected chi connectivity index (χ3v) is 6.55. The summed E-state index contributed by atoms with van der Waals surface area (Å²) in [4.78, 5) is 0. The van der Waals surface area contributed by atoms with Crippen molar-refractivity contribution in [2.45, 2.75) is 57.3 Å². The van der Waals surface area contributed by atoms with E-state index in [1.165, 1.54) is 18.2 Å².